The van der Waals surface area contributed by atoms with Gasteiger partial charge in [0.2, 0.25) is 0 Å². The van der Waals surface area contributed by atoms with Gasteiger partial charge in [-0.25, -0.2) is 4.98 Å². The van der Waals surface area contributed by atoms with E-state index in [1.165, 1.54) is 0 Å². The SMILES string of the molecule is C=CCOc1ccc(Cl)nc1I. The van der Waals surface area contributed by atoms with Crippen molar-refractivity contribution in [3.8, 4) is 5.75 Å². The van der Waals surface area contributed by atoms with E-state index < -0.39 is 0 Å². The molecule has 12 heavy (non-hydrogen) atoms. The highest BCUT2D eigenvalue weighted by atomic mass is 127. The lowest BCUT2D eigenvalue weighted by Gasteiger charge is -2.04. The normalized spacial score (nSPS) is 9.50. The predicted octanol–water partition coefficient (Wildman–Crippen LogP) is 2.90. The van der Waals surface area contributed by atoms with Crippen LogP contribution in [0.25, 0.3) is 0 Å². The van der Waals surface area contributed by atoms with Crippen LogP contribution in [0.1, 0.15) is 0 Å². The van der Waals surface area contributed by atoms with Crippen LogP contribution in [0.15, 0.2) is 24.8 Å². The number of pyridine rings is 1. The molecule has 0 unspecified atom stereocenters. The molecule has 0 aliphatic heterocycles. The van der Waals surface area contributed by atoms with E-state index in [0.717, 1.165) is 9.45 Å². The van der Waals surface area contributed by atoms with Crippen molar-refractivity contribution in [1.82, 2.24) is 4.98 Å². The highest BCUT2D eigenvalue weighted by molar-refractivity contribution is 14.1. The summed E-state index contributed by atoms with van der Waals surface area (Å²) in [5.74, 6) is 0.736. The number of aromatic nitrogens is 1. The van der Waals surface area contributed by atoms with E-state index in [9.17, 15) is 0 Å². The lowest BCUT2D eigenvalue weighted by Crippen LogP contribution is -1.96. The van der Waals surface area contributed by atoms with Gasteiger partial charge in [-0.1, -0.05) is 24.3 Å². The van der Waals surface area contributed by atoms with Crippen LogP contribution in [-0.2, 0) is 0 Å². The maximum Gasteiger partial charge on any atom is 0.151 e. The molecule has 64 valence electrons. The summed E-state index contributed by atoms with van der Waals surface area (Å²) >= 11 is 7.73. The molecule has 0 spiro atoms. The summed E-state index contributed by atoms with van der Waals surface area (Å²) in [5, 5.41) is 0.477. The average Bonchev–Trinajstić information content (AvgIpc) is 2.03. The quantitative estimate of drug-likeness (QED) is 0.486. The van der Waals surface area contributed by atoms with Crippen LogP contribution < -0.4 is 4.74 Å². The molecular weight excluding hydrogens is 288 g/mol. The Morgan fingerprint density at radius 3 is 3.00 bits per heavy atom. The first-order valence-corrected chi connectivity index (χ1v) is 4.75. The molecule has 0 N–H and O–H groups in total. The molecule has 0 bridgehead atoms. The Kier molecular flexibility index (Phi) is 3.81. The molecule has 1 aromatic heterocycles. The Bertz CT molecular complexity index is 290. The summed E-state index contributed by atoms with van der Waals surface area (Å²) in [7, 11) is 0. The van der Waals surface area contributed by atoms with Gasteiger partial charge in [-0.2, -0.15) is 0 Å². The Balaban J connectivity index is 2.78. The Labute approximate surface area is 89.7 Å². The van der Waals surface area contributed by atoms with E-state index >= 15 is 0 Å². The van der Waals surface area contributed by atoms with Crippen LogP contribution in [0.2, 0.25) is 5.15 Å². The van der Waals surface area contributed by atoms with Crippen molar-refractivity contribution in [3.63, 3.8) is 0 Å². The third-order valence-electron chi connectivity index (χ3n) is 1.14. The number of rotatable bonds is 3. The Morgan fingerprint density at radius 1 is 1.67 bits per heavy atom. The number of halogens is 2. The summed E-state index contributed by atoms with van der Waals surface area (Å²) in [5.41, 5.74) is 0. The van der Waals surface area contributed by atoms with Gasteiger partial charge in [-0.05, 0) is 34.7 Å². The first kappa shape index (κ1) is 9.80. The molecule has 2 nitrogen and oxygen atoms in total. The van der Waals surface area contributed by atoms with Crippen LogP contribution in [0, 0.1) is 3.70 Å². The van der Waals surface area contributed by atoms with Gasteiger partial charge in [0.1, 0.15) is 15.5 Å². The zero-order chi connectivity index (χ0) is 8.97. The maximum absolute atomic E-state index is 5.66. The largest absolute Gasteiger partial charge is 0.487 e. The highest BCUT2D eigenvalue weighted by Gasteiger charge is 2.01. The van der Waals surface area contributed by atoms with E-state index in [-0.39, 0.29) is 0 Å². The summed E-state index contributed by atoms with van der Waals surface area (Å²) in [6.45, 7) is 4.03. The Morgan fingerprint density at radius 2 is 2.42 bits per heavy atom. The fraction of sp³-hybridized carbons (Fsp3) is 0.125. The molecule has 0 amide bonds. The first-order chi connectivity index (χ1) is 5.74. The van der Waals surface area contributed by atoms with E-state index in [1.807, 2.05) is 0 Å². The van der Waals surface area contributed by atoms with Crippen LogP contribution in [0.5, 0.6) is 5.75 Å². The summed E-state index contributed by atoms with van der Waals surface area (Å²) in [4.78, 5) is 4.02. The number of ether oxygens (including phenoxy) is 1. The maximum atomic E-state index is 5.66. The van der Waals surface area contributed by atoms with E-state index in [1.54, 1.807) is 18.2 Å². The second-order valence-corrected chi connectivity index (χ2v) is 3.43. The molecule has 0 aromatic carbocycles. The fourth-order valence-electron chi connectivity index (χ4n) is 0.656. The van der Waals surface area contributed by atoms with Gasteiger partial charge < -0.3 is 4.74 Å². The molecule has 0 fully saturated rings. The number of hydrogen-bond donors (Lipinski definition) is 0. The van der Waals surface area contributed by atoms with Crippen molar-refractivity contribution >= 4 is 34.2 Å². The second kappa shape index (κ2) is 4.67. The average molecular weight is 296 g/mol. The molecule has 0 aliphatic rings. The smallest absolute Gasteiger partial charge is 0.151 e. The van der Waals surface area contributed by atoms with Gasteiger partial charge >= 0.3 is 0 Å². The van der Waals surface area contributed by atoms with E-state index in [4.69, 9.17) is 16.3 Å². The van der Waals surface area contributed by atoms with Crippen LogP contribution in [0.4, 0.5) is 0 Å². The van der Waals surface area contributed by atoms with Crippen molar-refractivity contribution in [2.45, 2.75) is 0 Å². The minimum absolute atomic E-state index is 0.477. The van der Waals surface area contributed by atoms with Gasteiger partial charge in [0.05, 0.1) is 0 Å². The highest BCUT2D eigenvalue weighted by Crippen LogP contribution is 2.20. The fourth-order valence-corrected chi connectivity index (χ4v) is 1.54. The summed E-state index contributed by atoms with van der Waals surface area (Å²) in [6.07, 6.45) is 1.69. The van der Waals surface area contributed by atoms with Crippen molar-refractivity contribution in [3.05, 3.63) is 33.6 Å². The van der Waals surface area contributed by atoms with Crippen molar-refractivity contribution in [2.24, 2.45) is 0 Å². The van der Waals surface area contributed by atoms with E-state index in [0.29, 0.717) is 11.8 Å². The predicted molar refractivity (Wildman–Crippen MR) is 57.7 cm³/mol. The van der Waals surface area contributed by atoms with Crippen LogP contribution >= 0.6 is 34.2 Å². The molecule has 4 heteroatoms. The van der Waals surface area contributed by atoms with E-state index in [2.05, 4.69) is 34.2 Å². The lowest BCUT2D eigenvalue weighted by atomic mass is 10.5. The zero-order valence-corrected chi connectivity index (χ0v) is 9.17. The Hall–Kier alpha value is -0.290. The molecule has 0 aliphatic carbocycles. The molecule has 1 heterocycles. The molecule has 1 aromatic rings. The van der Waals surface area contributed by atoms with Crippen molar-refractivity contribution in [2.75, 3.05) is 6.61 Å². The van der Waals surface area contributed by atoms with Gasteiger partial charge in [-0.3, -0.25) is 0 Å². The monoisotopic (exact) mass is 295 g/mol. The molecule has 1 rings (SSSR count). The number of hydrogen-bond acceptors (Lipinski definition) is 2. The van der Waals surface area contributed by atoms with Gasteiger partial charge in [0, 0.05) is 0 Å². The topological polar surface area (TPSA) is 22.1 Å². The van der Waals surface area contributed by atoms with Gasteiger partial charge in [-0.15, -0.1) is 0 Å². The number of nitrogens with zero attached hydrogens (tertiary/aromatic N) is 1. The molecule has 0 radical (unpaired) electrons. The lowest BCUT2D eigenvalue weighted by molar-refractivity contribution is 0.358. The molecule has 0 saturated carbocycles. The summed E-state index contributed by atoms with van der Waals surface area (Å²) in [6, 6.07) is 3.49. The standard InChI is InChI=1S/C8H7ClINO/c1-2-5-12-6-3-4-7(9)11-8(6)10/h2-4H,1,5H2. The molecular formula is C8H7ClINO. The van der Waals surface area contributed by atoms with Crippen LogP contribution in [-0.4, -0.2) is 11.6 Å². The van der Waals surface area contributed by atoms with Crippen LogP contribution in [0.3, 0.4) is 0 Å². The first-order valence-electron chi connectivity index (χ1n) is 3.30. The summed E-state index contributed by atoms with van der Waals surface area (Å²) < 4.78 is 6.06. The third-order valence-corrected chi connectivity index (χ3v) is 2.12. The van der Waals surface area contributed by atoms with Gasteiger partial charge in [0.25, 0.3) is 0 Å². The zero-order valence-electron chi connectivity index (χ0n) is 6.26. The van der Waals surface area contributed by atoms with Crippen molar-refractivity contribution < 1.29 is 4.74 Å². The molecule has 0 atom stereocenters. The minimum atomic E-state index is 0.477. The molecule has 0 saturated heterocycles. The van der Waals surface area contributed by atoms with Crippen molar-refractivity contribution in [1.29, 1.82) is 0 Å². The minimum Gasteiger partial charge on any atom is -0.487 e. The van der Waals surface area contributed by atoms with Gasteiger partial charge in [0.15, 0.2) is 5.75 Å². The second-order valence-electron chi connectivity index (χ2n) is 2.02. The third kappa shape index (κ3) is 2.64.